The number of benzene rings is 2. The standard InChI is InChI=1S/C25H32N6O2.HI/c1-26-25(29-18-24-27-16-22(30-24)19-6-4-3-5-7-19)28-17-23(31-12-14-33-15-13-31)20-8-10-21(32-2)11-9-20;/h3-11,16,23H,12-15,17-18H2,1-2H3,(H,27,30)(H2,26,28,29);1H. The predicted octanol–water partition coefficient (Wildman–Crippen LogP) is 3.44. The van der Waals surface area contributed by atoms with Crippen molar-refractivity contribution >= 4 is 29.9 Å². The van der Waals surface area contributed by atoms with Crippen molar-refractivity contribution in [3.63, 3.8) is 0 Å². The number of H-pyrrole nitrogens is 1. The Hall–Kier alpha value is -2.63. The van der Waals surface area contributed by atoms with Crippen LogP contribution in [0.2, 0.25) is 0 Å². The van der Waals surface area contributed by atoms with Gasteiger partial charge >= 0.3 is 0 Å². The first-order valence-electron chi connectivity index (χ1n) is 11.3. The fraction of sp³-hybridized carbons (Fsp3) is 0.360. The molecule has 1 aliphatic heterocycles. The van der Waals surface area contributed by atoms with Crippen molar-refractivity contribution < 1.29 is 9.47 Å². The topological polar surface area (TPSA) is 86.8 Å². The van der Waals surface area contributed by atoms with E-state index < -0.39 is 0 Å². The normalized spacial score (nSPS) is 15.3. The summed E-state index contributed by atoms with van der Waals surface area (Å²) in [4.78, 5) is 14.7. The Morgan fingerprint density at radius 2 is 1.85 bits per heavy atom. The van der Waals surface area contributed by atoms with Gasteiger partial charge in [-0.3, -0.25) is 9.89 Å². The van der Waals surface area contributed by atoms with Crippen LogP contribution in [0.1, 0.15) is 17.4 Å². The zero-order valence-corrected chi connectivity index (χ0v) is 22.0. The van der Waals surface area contributed by atoms with Crippen LogP contribution >= 0.6 is 24.0 Å². The van der Waals surface area contributed by atoms with Crippen LogP contribution in [-0.4, -0.2) is 67.8 Å². The number of nitrogens with zero attached hydrogens (tertiary/aromatic N) is 3. The number of aromatic nitrogens is 2. The van der Waals surface area contributed by atoms with Crippen molar-refractivity contribution in [1.82, 2.24) is 25.5 Å². The summed E-state index contributed by atoms with van der Waals surface area (Å²) in [7, 11) is 3.47. The molecular weight excluding hydrogens is 543 g/mol. The average molecular weight is 576 g/mol. The van der Waals surface area contributed by atoms with Gasteiger partial charge in [-0.2, -0.15) is 0 Å². The maximum atomic E-state index is 5.56. The highest BCUT2D eigenvalue weighted by Crippen LogP contribution is 2.23. The molecule has 9 heteroatoms. The Morgan fingerprint density at radius 1 is 1.12 bits per heavy atom. The third-order valence-electron chi connectivity index (χ3n) is 5.81. The van der Waals surface area contributed by atoms with Crippen molar-refractivity contribution in [1.29, 1.82) is 0 Å². The van der Waals surface area contributed by atoms with Crippen LogP contribution < -0.4 is 15.4 Å². The van der Waals surface area contributed by atoms with Gasteiger partial charge in [0.25, 0.3) is 0 Å². The van der Waals surface area contributed by atoms with E-state index in [2.05, 4.69) is 54.8 Å². The number of morpholine rings is 1. The number of nitrogens with one attached hydrogen (secondary N) is 3. The van der Waals surface area contributed by atoms with E-state index in [9.17, 15) is 0 Å². The number of halogens is 1. The van der Waals surface area contributed by atoms with Crippen LogP contribution in [0.5, 0.6) is 5.75 Å². The number of rotatable bonds is 8. The molecule has 1 aliphatic rings. The average Bonchev–Trinajstić information content (AvgIpc) is 3.36. The summed E-state index contributed by atoms with van der Waals surface area (Å²) in [5.74, 6) is 2.45. The zero-order chi connectivity index (χ0) is 22.9. The molecule has 0 bridgehead atoms. The molecule has 0 amide bonds. The summed E-state index contributed by atoms with van der Waals surface area (Å²) >= 11 is 0. The van der Waals surface area contributed by atoms with Gasteiger partial charge in [0.2, 0.25) is 0 Å². The predicted molar refractivity (Wildman–Crippen MR) is 146 cm³/mol. The van der Waals surface area contributed by atoms with Crippen molar-refractivity contribution in [2.45, 2.75) is 12.6 Å². The second kappa shape index (κ2) is 13.3. The third kappa shape index (κ3) is 6.94. The largest absolute Gasteiger partial charge is 0.497 e. The first-order valence-corrected chi connectivity index (χ1v) is 11.3. The van der Waals surface area contributed by atoms with Gasteiger partial charge < -0.3 is 25.1 Å². The molecule has 0 spiro atoms. The van der Waals surface area contributed by atoms with Crippen LogP contribution in [0.4, 0.5) is 0 Å². The van der Waals surface area contributed by atoms with Gasteiger partial charge in [-0.15, -0.1) is 24.0 Å². The molecule has 3 aromatic rings. The van der Waals surface area contributed by atoms with Crippen LogP contribution in [0.15, 0.2) is 65.8 Å². The van der Waals surface area contributed by atoms with Gasteiger partial charge in [-0.05, 0) is 23.3 Å². The number of hydrogen-bond acceptors (Lipinski definition) is 5. The molecule has 0 radical (unpaired) electrons. The highest BCUT2D eigenvalue weighted by atomic mass is 127. The third-order valence-corrected chi connectivity index (χ3v) is 5.81. The minimum Gasteiger partial charge on any atom is -0.497 e. The quantitative estimate of drug-likeness (QED) is 0.217. The molecule has 1 atom stereocenters. The highest BCUT2D eigenvalue weighted by molar-refractivity contribution is 14.0. The Kier molecular flexibility index (Phi) is 10.2. The molecule has 8 nitrogen and oxygen atoms in total. The molecule has 1 aromatic heterocycles. The molecule has 2 aromatic carbocycles. The van der Waals surface area contributed by atoms with Gasteiger partial charge in [0.1, 0.15) is 11.6 Å². The molecule has 0 aliphatic carbocycles. The lowest BCUT2D eigenvalue weighted by Gasteiger charge is -2.35. The fourth-order valence-corrected chi connectivity index (χ4v) is 3.97. The van der Waals surface area contributed by atoms with Crippen molar-refractivity contribution in [2.24, 2.45) is 4.99 Å². The maximum Gasteiger partial charge on any atom is 0.191 e. The number of imidazole rings is 1. The van der Waals surface area contributed by atoms with E-state index >= 15 is 0 Å². The number of aromatic amines is 1. The SMILES string of the molecule is CN=C(NCc1ncc(-c2ccccc2)[nH]1)NCC(c1ccc(OC)cc1)N1CCOCC1.I. The minimum atomic E-state index is 0. The Morgan fingerprint density at radius 3 is 2.53 bits per heavy atom. The lowest BCUT2D eigenvalue weighted by atomic mass is 10.0. The van der Waals surface area contributed by atoms with E-state index in [4.69, 9.17) is 9.47 Å². The summed E-state index contributed by atoms with van der Waals surface area (Å²) in [6, 6.07) is 18.7. The fourth-order valence-electron chi connectivity index (χ4n) is 3.97. The summed E-state index contributed by atoms with van der Waals surface area (Å²) < 4.78 is 10.9. The van der Waals surface area contributed by atoms with Crippen molar-refractivity contribution in [3.05, 3.63) is 72.2 Å². The lowest BCUT2D eigenvalue weighted by Crippen LogP contribution is -2.46. The van der Waals surface area contributed by atoms with Crippen molar-refractivity contribution in [2.75, 3.05) is 47.0 Å². The first-order chi connectivity index (χ1) is 16.3. The lowest BCUT2D eigenvalue weighted by molar-refractivity contribution is 0.0170. The number of methoxy groups -OCH3 is 1. The monoisotopic (exact) mass is 576 g/mol. The second-order valence-electron chi connectivity index (χ2n) is 7.85. The number of guanidine groups is 1. The summed E-state index contributed by atoms with van der Waals surface area (Å²) in [6.45, 7) is 4.58. The van der Waals surface area contributed by atoms with Gasteiger partial charge in [-0.25, -0.2) is 4.98 Å². The van der Waals surface area contributed by atoms with E-state index in [-0.39, 0.29) is 30.0 Å². The van der Waals surface area contributed by atoms with Crippen LogP contribution in [-0.2, 0) is 11.3 Å². The van der Waals surface area contributed by atoms with E-state index in [0.717, 1.165) is 61.6 Å². The molecule has 3 N–H and O–H groups in total. The molecule has 182 valence electrons. The number of aliphatic imine (C=N–C) groups is 1. The number of hydrogen-bond donors (Lipinski definition) is 3. The minimum absolute atomic E-state index is 0. The molecule has 1 unspecified atom stereocenters. The van der Waals surface area contributed by atoms with Gasteiger partial charge in [-0.1, -0.05) is 42.5 Å². The molecule has 1 saturated heterocycles. The van der Waals surface area contributed by atoms with E-state index in [1.807, 2.05) is 36.5 Å². The summed E-state index contributed by atoms with van der Waals surface area (Å²) in [5, 5.41) is 6.85. The van der Waals surface area contributed by atoms with Crippen molar-refractivity contribution in [3.8, 4) is 17.0 Å². The van der Waals surface area contributed by atoms with E-state index in [1.54, 1.807) is 14.2 Å². The molecule has 0 saturated carbocycles. The molecule has 2 heterocycles. The van der Waals surface area contributed by atoms with Crippen LogP contribution in [0.25, 0.3) is 11.3 Å². The highest BCUT2D eigenvalue weighted by Gasteiger charge is 2.23. The zero-order valence-electron chi connectivity index (χ0n) is 19.7. The van der Waals surface area contributed by atoms with E-state index in [1.165, 1.54) is 5.56 Å². The Balaban J connectivity index is 0.00000324. The van der Waals surface area contributed by atoms with Gasteiger partial charge in [0, 0.05) is 26.7 Å². The second-order valence-corrected chi connectivity index (χ2v) is 7.85. The van der Waals surface area contributed by atoms with E-state index in [0.29, 0.717) is 6.54 Å². The Labute approximate surface area is 218 Å². The Bertz CT molecular complexity index is 1020. The van der Waals surface area contributed by atoms with Gasteiger partial charge in [0.15, 0.2) is 5.96 Å². The van der Waals surface area contributed by atoms with Crippen LogP contribution in [0, 0.1) is 0 Å². The van der Waals surface area contributed by atoms with Gasteiger partial charge in [0.05, 0.1) is 44.8 Å². The number of ether oxygens (including phenoxy) is 2. The molecule has 1 fully saturated rings. The smallest absolute Gasteiger partial charge is 0.191 e. The first kappa shape index (κ1) is 26.0. The molecular formula is C25H33IN6O2. The summed E-state index contributed by atoms with van der Waals surface area (Å²) in [5.41, 5.74) is 3.35. The molecule has 4 rings (SSSR count). The van der Waals surface area contributed by atoms with Crippen LogP contribution in [0.3, 0.4) is 0 Å². The summed E-state index contributed by atoms with van der Waals surface area (Å²) in [6.07, 6.45) is 1.86. The maximum absolute atomic E-state index is 5.56. The molecule has 34 heavy (non-hydrogen) atoms.